The molecule has 1 aliphatic heterocycles. The molecule has 2 aliphatic rings. The normalized spacial score (nSPS) is 26.2. The van der Waals surface area contributed by atoms with Crippen molar-refractivity contribution in [2.75, 3.05) is 11.9 Å². The highest BCUT2D eigenvalue weighted by molar-refractivity contribution is 5.96. The molecule has 0 unspecified atom stereocenters. The molecule has 0 spiro atoms. The van der Waals surface area contributed by atoms with Gasteiger partial charge in [-0.2, -0.15) is 0 Å². The zero-order valence-electron chi connectivity index (χ0n) is 14.1. The zero-order chi connectivity index (χ0) is 16.9. The lowest BCUT2D eigenvalue weighted by atomic mass is 9.87. The lowest BCUT2D eigenvalue weighted by Gasteiger charge is -2.37. The Labute approximate surface area is 142 Å². The van der Waals surface area contributed by atoms with Gasteiger partial charge in [0, 0.05) is 6.42 Å². The van der Waals surface area contributed by atoms with Gasteiger partial charge in [-0.25, -0.2) is 0 Å². The van der Waals surface area contributed by atoms with Gasteiger partial charge in [0.05, 0.1) is 24.8 Å². The number of quaternary nitrogens is 1. The predicted octanol–water partition coefficient (Wildman–Crippen LogP) is 0.787. The van der Waals surface area contributed by atoms with Crippen molar-refractivity contribution in [2.24, 2.45) is 0 Å². The van der Waals surface area contributed by atoms with Gasteiger partial charge in [0.1, 0.15) is 11.8 Å². The van der Waals surface area contributed by atoms with Gasteiger partial charge in [-0.3, -0.25) is 9.59 Å². The second-order valence-electron chi connectivity index (χ2n) is 6.54. The van der Waals surface area contributed by atoms with Crippen LogP contribution in [0.15, 0.2) is 24.3 Å². The minimum absolute atomic E-state index is 0.0219. The summed E-state index contributed by atoms with van der Waals surface area (Å²) in [5, 5.41) is 8.06. The number of carbonyl (C=O) groups is 2. The van der Waals surface area contributed by atoms with Crippen LogP contribution in [0.4, 0.5) is 5.69 Å². The third kappa shape index (κ3) is 3.87. The number of hydrogen-bond donors (Lipinski definition) is 3. The van der Waals surface area contributed by atoms with E-state index in [-0.39, 0.29) is 30.3 Å². The molecule has 6 nitrogen and oxygen atoms in total. The summed E-state index contributed by atoms with van der Waals surface area (Å²) < 4.78 is 5.52. The van der Waals surface area contributed by atoms with Crippen molar-refractivity contribution < 1.29 is 19.6 Å². The molecule has 6 heteroatoms. The highest BCUT2D eigenvalue weighted by Crippen LogP contribution is 2.24. The van der Waals surface area contributed by atoms with Crippen molar-refractivity contribution in [2.45, 2.75) is 57.2 Å². The van der Waals surface area contributed by atoms with E-state index in [1.54, 1.807) is 0 Å². The number of nitrogens with two attached hydrogens (primary N) is 1. The number of hydrogen-bond acceptors (Lipinski definition) is 3. The molecule has 130 valence electrons. The van der Waals surface area contributed by atoms with Crippen LogP contribution in [0.2, 0.25) is 0 Å². The average molecular weight is 332 g/mol. The van der Waals surface area contributed by atoms with Crippen LogP contribution < -0.4 is 20.7 Å². The van der Waals surface area contributed by atoms with Gasteiger partial charge in [0.15, 0.2) is 6.04 Å². The van der Waals surface area contributed by atoms with Crippen LogP contribution in [-0.2, 0) is 9.59 Å². The molecule has 2 amide bonds. The first kappa shape index (κ1) is 16.8. The van der Waals surface area contributed by atoms with E-state index in [0.29, 0.717) is 24.1 Å². The molecule has 1 aromatic rings. The van der Waals surface area contributed by atoms with E-state index in [4.69, 9.17) is 4.74 Å². The quantitative estimate of drug-likeness (QED) is 0.745. The van der Waals surface area contributed by atoms with Gasteiger partial charge in [0.2, 0.25) is 5.91 Å². The number of amides is 2. The van der Waals surface area contributed by atoms with Gasteiger partial charge in [-0.15, -0.1) is 0 Å². The topological polar surface area (TPSA) is 84.0 Å². The molecule has 1 aliphatic carbocycles. The lowest BCUT2D eigenvalue weighted by molar-refractivity contribution is -0.718. The fourth-order valence-electron chi connectivity index (χ4n) is 3.66. The van der Waals surface area contributed by atoms with Gasteiger partial charge < -0.3 is 20.7 Å². The average Bonchev–Trinajstić information content (AvgIpc) is 2.57. The van der Waals surface area contributed by atoms with E-state index < -0.39 is 0 Å². The molecule has 1 aromatic carbocycles. The maximum Gasteiger partial charge on any atom is 0.279 e. The third-order valence-electron chi connectivity index (χ3n) is 4.83. The van der Waals surface area contributed by atoms with Gasteiger partial charge in [0.25, 0.3) is 5.91 Å². The second kappa shape index (κ2) is 7.66. The van der Waals surface area contributed by atoms with E-state index in [1.807, 2.05) is 31.2 Å². The van der Waals surface area contributed by atoms with E-state index >= 15 is 0 Å². The Kier molecular flexibility index (Phi) is 5.35. The number of nitrogens with one attached hydrogen (secondary N) is 2. The number of ether oxygens (including phenoxy) is 1. The van der Waals surface area contributed by atoms with Crippen molar-refractivity contribution >= 4 is 17.5 Å². The standard InChI is InChI=1S/C18H25N3O3/c1-2-24-16-10-6-5-9-14(16)20-17(22)11-15-18(23)21-13-8-4-3-7-12(13)19-15/h5-6,9-10,12-13,15,19H,2-4,7-8,11H2,1H3,(H,20,22)(H,21,23)/p+1/t12-,13-,15+/m0/s1. The Bertz CT molecular complexity index is 605. The number of carbonyl (C=O) groups excluding carboxylic acids is 2. The molecule has 1 heterocycles. The molecule has 24 heavy (non-hydrogen) atoms. The van der Waals surface area contributed by atoms with E-state index in [1.165, 1.54) is 12.8 Å². The highest BCUT2D eigenvalue weighted by atomic mass is 16.5. The fraction of sp³-hybridized carbons (Fsp3) is 0.556. The lowest BCUT2D eigenvalue weighted by Crippen LogP contribution is -3.03. The Morgan fingerprint density at radius 3 is 2.96 bits per heavy atom. The number of anilines is 1. The van der Waals surface area contributed by atoms with Crippen molar-refractivity contribution in [1.82, 2.24) is 5.32 Å². The summed E-state index contributed by atoms with van der Waals surface area (Å²) in [6, 6.07) is 7.68. The Morgan fingerprint density at radius 2 is 2.12 bits per heavy atom. The van der Waals surface area contributed by atoms with Crippen LogP contribution in [0.1, 0.15) is 39.0 Å². The second-order valence-corrected chi connectivity index (χ2v) is 6.54. The fourth-order valence-corrected chi connectivity index (χ4v) is 3.66. The first-order valence-electron chi connectivity index (χ1n) is 8.84. The molecule has 3 rings (SSSR count). The van der Waals surface area contributed by atoms with Gasteiger partial charge >= 0.3 is 0 Å². The number of rotatable bonds is 5. The van der Waals surface area contributed by atoms with Crippen LogP contribution in [-0.4, -0.2) is 36.5 Å². The van der Waals surface area contributed by atoms with E-state index in [9.17, 15) is 9.59 Å². The largest absolute Gasteiger partial charge is 0.492 e. The first-order chi connectivity index (χ1) is 11.7. The highest BCUT2D eigenvalue weighted by Gasteiger charge is 2.40. The number of fused-ring (bicyclic) bond motifs is 1. The Hall–Kier alpha value is -2.08. The van der Waals surface area contributed by atoms with Gasteiger partial charge in [-0.1, -0.05) is 18.6 Å². The molecule has 0 aromatic heterocycles. The first-order valence-corrected chi connectivity index (χ1v) is 8.84. The summed E-state index contributed by atoms with van der Waals surface area (Å²) in [7, 11) is 0. The zero-order valence-corrected chi connectivity index (χ0v) is 14.1. The minimum Gasteiger partial charge on any atom is -0.492 e. The van der Waals surface area contributed by atoms with E-state index in [2.05, 4.69) is 16.0 Å². The summed E-state index contributed by atoms with van der Waals surface area (Å²) in [5.41, 5.74) is 0.649. The maximum atomic E-state index is 12.4. The van der Waals surface area contributed by atoms with Gasteiger partial charge in [-0.05, 0) is 31.9 Å². The molecule has 2 fully saturated rings. The van der Waals surface area contributed by atoms with Crippen LogP contribution in [0.25, 0.3) is 0 Å². The van der Waals surface area contributed by atoms with Crippen molar-refractivity contribution in [1.29, 1.82) is 0 Å². The van der Waals surface area contributed by atoms with Crippen molar-refractivity contribution in [3.63, 3.8) is 0 Å². The molecule has 0 bridgehead atoms. The smallest absolute Gasteiger partial charge is 0.279 e. The Balaban J connectivity index is 1.59. The SMILES string of the molecule is CCOc1ccccc1NC(=O)C[C@H]1[NH2+][C@H]2CCCC[C@@H]2NC1=O. The van der Waals surface area contributed by atoms with E-state index in [0.717, 1.165) is 12.8 Å². The van der Waals surface area contributed by atoms with Crippen LogP contribution in [0, 0.1) is 0 Å². The molecule has 1 saturated carbocycles. The number of para-hydroxylation sites is 2. The summed E-state index contributed by atoms with van der Waals surface area (Å²) in [4.78, 5) is 24.6. The van der Waals surface area contributed by atoms with Crippen LogP contribution in [0.3, 0.4) is 0 Å². The number of piperazine rings is 1. The molecule has 4 N–H and O–H groups in total. The summed E-state index contributed by atoms with van der Waals surface area (Å²) in [5.74, 6) is 0.469. The monoisotopic (exact) mass is 332 g/mol. The molecule has 0 radical (unpaired) electrons. The third-order valence-corrected chi connectivity index (χ3v) is 4.83. The van der Waals surface area contributed by atoms with Crippen LogP contribution >= 0.6 is 0 Å². The molecule has 3 atom stereocenters. The summed E-state index contributed by atoms with van der Waals surface area (Å²) in [6.45, 7) is 2.44. The predicted molar refractivity (Wildman–Crippen MR) is 90.8 cm³/mol. The number of benzene rings is 1. The van der Waals surface area contributed by atoms with Crippen molar-refractivity contribution in [3.8, 4) is 5.75 Å². The molecular formula is C18H26N3O3+. The maximum absolute atomic E-state index is 12.4. The summed E-state index contributed by atoms with van der Waals surface area (Å²) >= 11 is 0. The minimum atomic E-state index is -0.344. The summed E-state index contributed by atoms with van der Waals surface area (Å²) in [6.07, 6.45) is 4.71. The van der Waals surface area contributed by atoms with Crippen LogP contribution in [0.5, 0.6) is 5.75 Å². The van der Waals surface area contributed by atoms with Crippen molar-refractivity contribution in [3.05, 3.63) is 24.3 Å². The Morgan fingerprint density at radius 1 is 1.33 bits per heavy atom. The molecule has 1 saturated heterocycles. The molecular weight excluding hydrogens is 306 g/mol.